The zero-order valence-corrected chi connectivity index (χ0v) is 10.7. The van der Waals surface area contributed by atoms with Crippen LogP contribution in [0.5, 0.6) is 0 Å². The number of benzene rings is 1. The van der Waals surface area contributed by atoms with E-state index in [4.69, 9.17) is 10.6 Å². The quantitative estimate of drug-likeness (QED) is 0.582. The number of rotatable bonds is 7. The summed E-state index contributed by atoms with van der Waals surface area (Å²) in [6, 6.07) is 3.52. The number of hydrogen-bond acceptors (Lipinski definition) is 3. The van der Waals surface area contributed by atoms with Crippen molar-refractivity contribution in [2.45, 2.75) is 38.8 Å². The smallest absolute Gasteiger partial charge is 0.129 e. The molecule has 102 valence electrons. The zero-order chi connectivity index (χ0) is 13.5. The number of nitrogens with one attached hydrogen (secondary N) is 1. The molecule has 1 rings (SSSR count). The molecule has 0 spiro atoms. The number of ether oxygens (including phenoxy) is 1. The van der Waals surface area contributed by atoms with Crippen molar-refractivity contribution in [3.05, 3.63) is 35.4 Å². The maximum atomic E-state index is 13.6. The summed E-state index contributed by atoms with van der Waals surface area (Å²) in [5.74, 6) is 4.34. The van der Waals surface area contributed by atoms with Crippen LogP contribution in [0.2, 0.25) is 0 Å². The molecule has 0 saturated carbocycles. The van der Waals surface area contributed by atoms with Gasteiger partial charge in [0.2, 0.25) is 0 Å². The van der Waals surface area contributed by atoms with Crippen LogP contribution < -0.4 is 11.3 Å². The van der Waals surface area contributed by atoms with E-state index >= 15 is 0 Å². The van der Waals surface area contributed by atoms with Crippen LogP contribution in [0.4, 0.5) is 8.78 Å². The van der Waals surface area contributed by atoms with Crippen LogP contribution >= 0.6 is 0 Å². The van der Waals surface area contributed by atoms with Gasteiger partial charge in [0.25, 0.3) is 0 Å². The maximum Gasteiger partial charge on any atom is 0.129 e. The highest BCUT2D eigenvalue weighted by molar-refractivity contribution is 5.21. The van der Waals surface area contributed by atoms with Crippen molar-refractivity contribution in [3.63, 3.8) is 0 Å². The molecule has 3 N–H and O–H groups in total. The molecule has 0 aliphatic rings. The summed E-state index contributed by atoms with van der Waals surface area (Å²) in [6.07, 6.45) is 0.714. The molecule has 0 saturated heterocycles. The molecular formula is C13H20F2N2O. The van der Waals surface area contributed by atoms with Crippen LogP contribution in [-0.4, -0.2) is 18.8 Å². The van der Waals surface area contributed by atoms with Crippen molar-refractivity contribution in [2.75, 3.05) is 6.61 Å². The summed E-state index contributed by atoms with van der Waals surface area (Å²) in [5.41, 5.74) is 2.62. The van der Waals surface area contributed by atoms with Gasteiger partial charge < -0.3 is 4.74 Å². The Bertz CT molecular complexity index is 354. The second kappa shape index (κ2) is 7.41. The lowest BCUT2D eigenvalue weighted by Crippen LogP contribution is -2.46. The molecule has 5 heteroatoms. The Labute approximate surface area is 106 Å². The lowest BCUT2D eigenvalue weighted by Gasteiger charge is -2.25. The van der Waals surface area contributed by atoms with E-state index in [0.717, 1.165) is 6.42 Å². The van der Waals surface area contributed by atoms with Gasteiger partial charge in [-0.1, -0.05) is 13.0 Å². The highest BCUT2D eigenvalue weighted by Gasteiger charge is 2.22. The van der Waals surface area contributed by atoms with Crippen molar-refractivity contribution in [3.8, 4) is 0 Å². The van der Waals surface area contributed by atoms with E-state index in [0.29, 0.717) is 6.61 Å². The van der Waals surface area contributed by atoms with Crippen LogP contribution in [0.25, 0.3) is 0 Å². The number of nitrogens with two attached hydrogens (primary N) is 1. The summed E-state index contributed by atoms with van der Waals surface area (Å²) >= 11 is 0. The fourth-order valence-electron chi connectivity index (χ4n) is 1.98. The second-order valence-corrected chi connectivity index (χ2v) is 4.08. The molecule has 1 aromatic rings. The number of hydrogen-bond donors (Lipinski definition) is 2. The highest BCUT2D eigenvalue weighted by Crippen LogP contribution is 2.17. The Morgan fingerprint density at radius 3 is 2.33 bits per heavy atom. The van der Waals surface area contributed by atoms with E-state index in [2.05, 4.69) is 5.43 Å². The first-order chi connectivity index (χ1) is 8.63. The van der Waals surface area contributed by atoms with Crippen molar-refractivity contribution in [1.29, 1.82) is 0 Å². The molecule has 3 nitrogen and oxygen atoms in total. The molecule has 0 heterocycles. The van der Waals surface area contributed by atoms with Gasteiger partial charge in [-0.3, -0.25) is 11.3 Å². The average molecular weight is 258 g/mol. The van der Waals surface area contributed by atoms with Crippen molar-refractivity contribution < 1.29 is 13.5 Å². The van der Waals surface area contributed by atoms with Gasteiger partial charge in [0.15, 0.2) is 0 Å². The van der Waals surface area contributed by atoms with Gasteiger partial charge in [-0.15, -0.1) is 0 Å². The normalized spacial score (nSPS) is 14.5. The molecule has 0 aliphatic carbocycles. The molecule has 0 fully saturated rings. The molecule has 0 radical (unpaired) electrons. The summed E-state index contributed by atoms with van der Waals surface area (Å²) in [6.45, 7) is 4.36. The van der Waals surface area contributed by atoms with Gasteiger partial charge in [-0.2, -0.15) is 0 Å². The van der Waals surface area contributed by atoms with E-state index in [1.54, 1.807) is 0 Å². The number of hydrazine groups is 1. The second-order valence-electron chi connectivity index (χ2n) is 4.08. The SMILES string of the molecule is CCOC(CC)C(Cc1c(F)cccc1F)NN. The van der Waals surface area contributed by atoms with E-state index in [1.807, 2.05) is 13.8 Å². The highest BCUT2D eigenvalue weighted by atomic mass is 19.1. The van der Waals surface area contributed by atoms with Crippen LogP contribution in [-0.2, 0) is 11.2 Å². The minimum Gasteiger partial charge on any atom is -0.377 e. The fraction of sp³-hybridized carbons (Fsp3) is 0.538. The predicted molar refractivity (Wildman–Crippen MR) is 66.9 cm³/mol. The Morgan fingerprint density at radius 2 is 1.89 bits per heavy atom. The van der Waals surface area contributed by atoms with Crippen LogP contribution in [0.15, 0.2) is 18.2 Å². The topological polar surface area (TPSA) is 47.3 Å². The summed E-state index contributed by atoms with van der Waals surface area (Å²) in [4.78, 5) is 0. The van der Waals surface area contributed by atoms with E-state index in [1.165, 1.54) is 18.2 Å². The van der Waals surface area contributed by atoms with Gasteiger partial charge in [-0.05, 0) is 31.9 Å². The molecule has 0 amide bonds. The third kappa shape index (κ3) is 3.73. The maximum absolute atomic E-state index is 13.6. The minimum absolute atomic E-state index is 0.0404. The standard InChI is InChI=1S/C13H20F2N2O/c1-3-13(18-4-2)12(17-16)8-9-10(14)6-5-7-11(9)15/h5-7,12-13,17H,3-4,8,16H2,1-2H3. The van der Waals surface area contributed by atoms with Crippen molar-refractivity contribution in [2.24, 2.45) is 5.84 Å². The summed E-state index contributed by atoms with van der Waals surface area (Å²) in [5, 5.41) is 0. The van der Waals surface area contributed by atoms with Gasteiger partial charge in [0, 0.05) is 12.2 Å². The molecule has 1 aromatic carbocycles. The molecule has 2 atom stereocenters. The van der Waals surface area contributed by atoms with Gasteiger partial charge >= 0.3 is 0 Å². The summed E-state index contributed by atoms with van der Waals surface area (Å²) in [7, 11) is 0. The van der Waals surface area contributed by atoms with Crippen LogP contribution in [0.3, 0.4) is 0 Å². The molecule has 2 unspecified atom stereocenters. The van der Waals surface area contributed by atoms with Gasteiger partial charge in [-0.25, -0.2) is 8.78 Å². The third-order valence-electron chi connectivity index (χ3n) is 2.93. The Kier molecular flexibility index (Phi) is 6.18. The fourth-order valence-corrected chi connectivity index (χ4v) is 1.98. The first kappa shape index (κ1) is 15.0. The van der Waals surface area contributed by atoms with Crippen LogP contribution in [0.1, 0.15) is 25.8 Å². The largest absolute Gasteiger partial charge is 0.377 e. The Hall–Kier alpha value is -1.04. The Morgan fingerprint density at radius 1 is 1.28 bits per heavy atom. The van der Waals surface area contributed by atoms with Crippen LogP contribution in [0, 0.1) is 11.6 Å². The molecule has 0 aromatic heterocycles. The molecule has 18 heavy (non-hydrogen) atoms. The first-order valence-electron chi connectivity index (χ1n) is 6.14. The average Bonchev–Trinajstić information content (AvgIpc) is 2.36. The monoisotopic (exact) mass is 258 g/mol. The lowest BCUT2D eigenvalue weighted by molar-refractivity contribution is 0.0315. The van der Waals surface area contributed by atoms with E-state index in [9.17, 15) is 8.78 Å². The van der Waals surface area contributed by atoms with Gasteiger partial charge in [0.1, 0.15) is 11.6 Å². The molecule has 0 aliphatic heterocycles. The number of halogens is 2. The van der Waals surface area contributed by atoms with Crippen molar-refractivity contribution >= 4 is 0 Å². The van der Waals surface area contributed by atoms with Gasteiger partial charge in [0.05, 0.1) is 12.1 Å². The molecular weight excluding hydrogens is 238 g/mol. The van der Waals surface area contributed by atoms with Crippen molar-refractivity contribution in [1.82, 2.24) is 5.43 Å². The third-order valence-corrected chi connectivity index (χ3v) is 2.93. The minimum atomic E-state index is -0.554. The Balaban J connectivity index is 2.85. The molecule has 0 bridgehead atoms. The van der Waals surface area contributed by atoms with E-state index < -0.39 is 11.6 Å². The predicted octanol–water partition coefficient (Wildman–Crippen LogP) is 2.15. The first-order valence-corrected chi connectivity index (χ1v) is 6.14. The summed E-state index contributed by atoms with van der Waals surface area (Å²) < 4.78 is 32.6. The zero-order valence-electron chi connectivity index (χ0n) is 10.7. The van der Waals surface area contributed by atoms with E-state index in [-0.39, 0.29) is 24.1 Å². The lowest BCUT2D eigenvalue weighted by atomic mass is 9.99.